The number of anilines is 1. The Labute approximate surface area is 243 Å². The number of rotatable bonds is 1. The van der Waals surface area contributed by atoms with Crippen molar-refractivity contribution < 1.29 is 18.8 Å². The summed E-state index contributed by atoms with van der Waals surface area (Å²) in [6.45, 7) is 3.62. The summed E-state index contributed by atoms with van der Waals surface area (Å²) in [5.74, 6) is 3.79. The van der Waals surface area contributed by atoms with Crippen LogP contribution in [-0.4, -0.2) is 46.5 Å². The van der Waals surface area contributed by atoms with Crippen molar-refractivity contribution in [3.63, 3.8) is 0 Å². The fraction of sp³-hybridized carbons (Fsp3) is 0.533. The lowest BCUT2D eigenvalue weighted by Gasteiger charge is -2.43. The quantitative estimate of drug-likeness (QED) is 0.301. The van der Waals surface area contributed by atoms with Crippen LogP contribution in [0.5, 0.6) is 5.75 Å². The molecule has 0 amide bonds. The van der Waals surface area contributed by atoms with Crippen molar-refractivity contribution in [1.82, 2.24) is 0 Å². The van der Waals surface area contributed by atoms with Gasteiger partial charge >= 0.3 is 0 Å². The molecule has 2 bridgehead atoms. The number of ether oxygens (including phenoxy) is 2. The minimum Gasteiger partial charge on any atom is -0.481 e. The van der Waals surface area contributed by atoms with Gasteiger partial charge < -0.3 is 19.5 Å². The molecule has 9 heteroatoms. The number of aryl methyl sites for hydroxylation is 1. The van der Waals surface area contributed by atoms with E-state index < -0.39 is 16.8 Å². The number of hydrogen-bond acceptors (Lipinski definition) is 7. The number of benzene rings is 2. The van der Waals surface area contributed by atoms with Crippen molar-refractivity contribution in [2.45, 2.75) is 51.5 Å². The van der Waals surface area contributed by atoms with Crippen molar-refractivity contribution in [3.8, 4) is 5.75 Å². The SMILES string of the molecule is CO[C@H]1/C=C/C[C@H](C)C/[SH](=O)=N\C(O)c2ccc3c(c2)N(Cc2ccc(Cl)cc2CCSCO3)C[C@@H]2CC[C@H]21. The third-order valence-corrected chi connectivity index (χ3v) is 10.6. The number of aliphatic hydroxyl groups is 1. The van der Waals surface area contributed by atoms with E-state index in [1.165, 1.54) is 11.1 Å². The molecule has 0 radical (unpaired) electrons. The second kappa shape index (κ2) is 13.3. The Morgan fingerprint density at radius 3 is 2.87 bits per heavy atom. The van der Waals surface area contributed by atoms with Crippen LogP contribution in [0.3, 0.4) is 0 Å². The molecular weight excluding hydrogens is 552 g/mol. The van der Waals surface area contributed by atoms with Crippen LogP contribution in [0.2, 0.25) is 5.02 Å². The van der Waals surface area contributed by atoms with E-state index in [9.17, 15) is 9.32 Å². The van der Waals surface area contributed by atoms with Crippen LogP contribution < -0.4 is 9.64 Å². The number of thiol groups is 1. The lowest BCUT2D eigenvalue weighted by atomic mass is 9.70. The van der Waals surface area contributed by atoms with E-state index in [2.05, 4.69) is 40.5 Å². The fourth-order valence-electron chi connectivity index (χ4n) is 5.80. The Morgan fingerprint density at radius 1 is 1.21 bits per heavy atom. The number of fused-ring (bicyclic) bond motifs is 3. The van der Waals surface area contributed by atoms with E-state index in [-0.39, 0.29) is 12.0 Å². The monoisotopic (exact) mass is 590 g/mol. The molecular formula is C30H39ClN2O4S2. The van der Waals surface area contributed by atoms with Gasteiger partial charge in [0.2, 0.25) is 0 Å². The third-order valence-electron chi connectivity index (χ3n) is 8.16. The molecule has 2 heterocycles. The van der Waals surface area contributed by atoms with Gasteiger partial charge in [-0.2, -0.15) is 0 Å². The van der Waals surface area contributed by atoms with Crippen LogP contribution in [-0.2, 0) is 28.3 Å². The zero-order valence-electron chi connectivity index (χ0n) is 22.7. The predicted molar refractivity (Wildman–Crippen MR) is 162 cm³/mol. The topological polar surface area (TPSA) is 71.4 Å². The largest absolute Gasteiger partial charge is 0.481 e. The Balaban J connectivity index is 1.59. The van der Waals surface area contributed by atoms with Gasteiger partial charge in [0.05, 0.1) is 11.8 Å². The fourth-order valence-corrected chi connectivity index (χ4v) is 7.84. The van der Waals surface area contributed by atoms with Gasteiger partial charge in [-0.15, -0.1) is 11.8 Å². The maximum Gasteiger partial charge on any atom is 0.180 e. The summed E-state index contributed by atoms with van der Waals surface area (Å²) in [6, 6.07) is 11.9. The van der Waals surface area contributed by atoms with Gasteiger partial charge in [0.25, 0.3) is 0 Å². The molecule has 0 saturated heterocycles. The Kier molecular flexibility index (Phi) is 9.82. The highest BCUT2D eigenvalue weighted by Crippen LogP contribution is 2.42. The number of methoxy groups -OCH3 is 1. The average molecular weight is 591 g/mol. The number of halogens is 1. The van der Waals surface area contributed by atoms with Crippen molar-refractivity contribution in [3.05, 3.63) is 70.3 Å². The first kappa shape index (κ1) is 28.8. The molecule has 2 aliphatic heterocycles. The van der Waals surface area contributed by atoms with Crippen molar-refractivity contribution >= 4 is 39.6 Å². The number of thioether (sulfide) groups is 1. The number of allylic oxidation sites excluding steroid dienone is 1. The van der Waals surface area contributed by atoms with E-state index in [4.69, 9.17) is 21.1 Å². The van der Waals surface area contributed by atoms with E-state index in [1.54, 1.807) is 18.9 Å². The molecule has 2 aromatic rings. The zero-order valence-corrected chi connectivity index (χ0v) is 25.1. The standard InChI is InChI=1S/C30H39ClN2O4S2/c1-20-4-3-5-28(36-2)26-10-7-24(26)17-33-16-23-6-9-25(31)14-21(23)12-13-38-19-37-29-11-8-22(15-27(29)33)30(34)32-39(35)18-20/h3,5-6,8-9,11,14-15,20,24,26,28,30,34,39H,4,7,10,12-13,16-19H2,1-2H3/b5-3+/t20-,24-,26+,28-,30?/m0/s1. The minimum absolute atomic E-state index is 0.0533. The lowest BCUT2D eigenvalue weighted by Crippen LogP contribution is -2.43. The van der Waals surface area contributed by atoms with Gasteiger partial charge in [-0.3, -0.25) is 4.21 Å². The van der Waals surface area contributed by atoms with Crippen LogP contribution >= 0.6 is 23.4 Å². The molecule has 2 unspecified atom stereocenters. The first-order valence-corrected chi connectivity index (χ1v) is 16.7. The van der Waals surface area contributed by atoms with Crippen LogP contribution in [0.15, 0.2) is 52.9 Å². The molecule has 1 N–H and O–H groups in total. The lowest BCUT2D eigenvalue weighted by molar-refractivity contribution is 0.0133. The molecule has 212 valence electrons. The summed E-state index contributed by atoms with van der Waals surface area (Å²) in [7, 11) is -0.0995. The van der Waals surface area contributed by atoms with Gasteiger partial charge in [0.1, 0.15) is 11.7 Å². The Morgan fingerprint density at radius 2 is 2.08 bits per heavy atom. The molecule has 5 rings (SSSR count). The molecule has 3 aliphatic rings. The predicted octanol–water partition coefficient (Wildman–Crippen LogP) is 6.26. The van der Waals surface area contributed by atoms with Gasteiger partial charge in [0, 0.05) is 52.9 Å². The van der Waals surface area contributed by atoms with Crippen LogP contribution in [0, 0.1) is 17.8 Å². The molecule has 1 saturated carbocycles. The summed E-state index contributed by atoms with van der Waals surface area (Å²) in [5.41, 5.74) is 4.06. The maximum atomic E-state index is 12.8. The first-order chi connectivity index (χ1) is 18.9. The summed E-state index contributed by atoms with van der Waals surface area (Å²) >= 11 is 8.16. The molecule has 1 fully saturated rings. The van der Waals surface area contributed by atoms with Gasteiger partial charge in [-0.25, -0.2) is 4.36 Å². The number of aliphatic hydroxyl groups excluding tert-OH is 1. The highest BCUT2D eigenvalue weighted by atomic mass is 35.5. The van der Waals surface area contributed by atoms with Gasteiger partial charge in [-0.05, 0) is 78.8 Å². The van der Waals surface area contributed by atoms with E-state index in [0.717, 1.165) is 54.4 Å². The van der Waals surface area contributed by atoms with Crippen molar-refractivity contribution in [2.75, 3.05) is 36.0 Å². The van der Waals surface area contributed by atoms with E-state index in [1.807, 2.05) is 24.3 Å². The normalized spacial score (nSPS) is 31.2. The average Bonchev–Trinajstić information content (AvgIpc) is 2.92. The molecule has 0 spiro atoms. The smallest absolute Gasteiger partial charge is 0.180 e. The van der Waals surface area contributed by atoms with Crippen LogP contribution in [0.4, 0.5) is 5.69 Å². The second-order valence-electron chi connectivity index (χ2n) is 10.9. The molecule has 6 atom stereocenters. The molecule has 6 nitrogen and oxygen atoms in total. The summed E-state index contributed by atoms with van der Waals surface area (Å²) in [5, 5.41) is 11.7. The van der Waals surface area contributed by atoms with E-state index in [0.29, 0.717) is 35.6 Å². The summed E-state index contributed by atoms with van der Waals surface area (Å²) < 4.78 is 29.3. The Bertz CT molecular complexity index is 1270. The molecule has 39 heavy (non-hydrogen) atoms. The van der Waals surface area contributed by atoms with Gasteiger partial charge in [0.15, 0.2) is 6.23 Å². The first-order valence-electron chi connectivity index (χ1n) is 13.8. The maximum absolute atomic E-state index is 12.8. The van der Waals surface area contributed by atoms with Gasteiger partial charge in [-0.1, -0.05) is 42.8 Å². The highest BCUT2D eigenvalue weighted by Gasteiger charge is 2.38. The summed E-state index contributed by atoms with van der Waals surface area (Å²) in [4.78, 5) is 2.38. The second-order valence-corrected chi connectivity index (χ2v) is 13.7. The zero-order chi connectivity index (χ0) is 27.4. The van der Waals surface area contributed by atoms with Crippen LogP contribution in [0.1, 0.15) is 49.1 Å². The van der Waals surface area contributed by atoms with Crippen molar-refractivity contribution in [1.29, 1.82) is 0 Å². The highest BCUT2D eigenvalue weighted by molar-refractivity contribution is 7.99. The Hall–Kier alpha value is -1.71. The van der Waals surface area contributed by atoms with Crippen LogP contribution in [0.25, 0.3) is 0 Å². The van der Waals surface area contributed by atoms with Crippen molar-refractivity contribution in [2.24, 2.45) is 22.1 Å². The van der Waals surface area contributed by atoms with E-state index >= 15 is 0 Å². The third kappa shape index (κ3) is 7.14. The molecule has 2 aromatic carbocycles. The number of nitrogens with zero attached hydrogens (tertiary/aromatic N) is 2. The number of hydrogen-bond donors (Lipinski definition) is 2. The summed E-state index contributed by atoms with van der Waals surface area (Å²) in [6.07, 6.45) is 7.26. The minimum atomic E-state index is -1.89. The molecule has 1 aliphatic carbocycles. The molecule has 0 aromatic heterocycles.